The number of carbonyl (C=O) groups excluding carboxylic acids is 2. The molecule has 1 aromatic rings. The van der Waals surface area contributed by atoms with Crippen molar-refractivity contribution in [2.45, 2.75) is 19.3 Å². The first kappa shape index (κ1) is 15.2. The lowest BCUT2D eigenvalue weighted by atomic mass is 10.2. The van der Waals surface area contributed by atoms with E-state index < -0.39 is 0 Å². The fraction of sp³-hybridized carbons (Fsp3) is 0.467. The van der Waals surface area contributed by atoms with E-state index in [1.807, 2.05) is 0 Å². The summed E-state index contributed by atoms with van der Waals surface area (Å²) >= 11 is 0. The van der Waals surface area contributed by atoms with Crippen molar-refractivity contribution in [1.82, 2.24) is 4.90 Å². The number of nitrogens with one attached hydrogen (secondary N) is 1. The van der Waals surface area contributed by atoms with Crippen molar-refractivity contribution in [2.75, 3.05) is 32.6 Å². The van der Waals surface area contributed by atoms with Gasteiger partial charge in [-0.3, -0.25) is 9.59 Å². The third-order valence-corrected chi connectivity index (χ3v) is 3.44. The van der Waals surface area contributed by atoms with Crippen molar-refractivity contribution < 1.29 is 19.1 Å². The molecule has 1 aliphatic heterocycles. The van der Waals surface area contributed by atoms with Crippen LogP contribution in [0.25, 0.3) is 0 Å². The highest BCUT2D eigenvalue weighted by Gasteiger charge is 2.20. The van der Waals surface area contributed by atoms with Crippen LogP contribution in [-0.4, -0.2) is 44.0 Å². The molecular formula is C15H20N2O4. The van der Waals surface area contributed by atoms with Crippen LogP contribution in [-0.2, 0) is 9.59 Å². The number of rotatable bonds is 5. The Morgan fingerprint density at radius 2 is 1.81 bits per heavy atom. The lowest BCUT2D eigenvalue weighted by Gasteiger charge is -2.15. The number of carbonyl (C=O) groups is 2. The number of benzene rings is 1. The molecule has 1 heterocycles. The molecule has 21 heavy (non-hydrogen) atoms. The van der Waals surface area contributed by atoms with E-state index in [-0.39, 0.29) is 18.2 Å². The predicted molar refractivity (Wildman–Crippen MR) is 78.6 cm³/mol. The summed E-state index contributed by atoms with van der Waals surface area (Å²) in [5, 5.41) is 2.70. The van der Waals surface area contributed by atoms with Crippen LogP contribution in [0.3, 0.4) is 0 Å². The molecule has 114 valence electrons. The van der Waals surface area contributed by atoms with Crippen LogP contribution in [0.4, 0.5) is 5.69 Å². The van der Waals surface area contributed by atoms with Crippen molar-refractivity contribution in [1.29, 1.82) is 0 Å². The van der Waals surface area contributed by atoms with E-state index in [9.17, 15) is 9.59 Å². The average molecular weight is 292 g/mol. The van der Waals surface area contributed by atoms with Gasteiger partial charge in [0.15, 0.2) is 11.5 Å². The minimum Gasteiger partial charge on any atom is -0.493 e. The van der Waals surface area contributed by atoms with E-state index in [1.54, 1.807) is 30.2 Å². The number of methoxy groups -OCH3 is 2. The van der Waals surface area contributed by atoms with Crippen molar-refractivity contribution in [3.05, 3.63) is 18.2 Å². The van der Waals surface area contributed by atoms with Gasteiger partial charge in [-0.25, -0.2) is 0 Å². The quantitative estimate of drug-likeness (QED) is 0.838. The van der Waals surface area contributed by atoms with Crippen LogP contribution in [0.2, 0.25) is 0 Å². The summed E-state index contributed by atoms with van der Waals surface area (Å²) in [4.78, 5) is 25.5. The Morgan fingerprint density at radius 3 is 2.43 bits per heavy atom. The maximum atomic E-state index is 11.9. The number of nitrogens with zero attached hydrogens (tertiary/aromatic N) is 1. The number of amides is 2. The first-order chi connectivity index (χ1) is 10.1. The molecule has 0 atom stereocenters. The predicted octanol–water partition coefficient (Wildman–Crippen LogP) is 1.65. The highest BCUT2D eigenvalue weighted by atomic mass is 16.5. The van der Waals surface area contributed by atoms with E-state index in [0.29, 0.717) is 17.2 Å². The maximum Gasteiger partial charge on any atom is 0.233 e. The average Bonchev–Trinajstić information content (AvgIpc) is 3.01. The molecule has 1 saturated heterocycles. The Hall–Kier alpha value is -2.24. The standard InChI is InChI=1S/C15H20N2O4/c1-20-12-6-5-11(9-13(12)21-2)16-14(18)10-15(19)17-7-3-4-8-17/h5-6,9H,3-4,7-8,10H2,1-2H3,(H,16,18). The van der Waals surface area contributed by atoms with E-state index in [4.69, 9.17) is 9.47 Å². The third kappa shape index (κ3) is 3.87. The Kier molecular flexibility index (Phi) is 5.03. The smallest absolute Gasteiger partial charge is 0.233 e. The number of anilines is 1. The van der Waals surface area contributed by atoms with Gasteiger partial charge in [0.2, 0.25) is 11.8 Å². The molecule has 1 aromatic carbocycles. The first-order valence-corrected chi connectivity index (χ1v) is 6.93. The van der Waals surface area contributed by atoms with Crippen molar-refractivity contribution >= 4 is 17.5 Å². The van der Waals surface area contributed by atoms with E-state index >= 15 is 0 Å². The molecule has 0 aromatic heterocycles. The van der Waals surface area contributed by atoms with Crippen LogP contribution < -0.4 is 14.8 Å². The largest absolute Gasteiger partial charge is 0.493 e. The molecule has 0 unspecified atom stereocenters. The Bertz CT molecular complexity index is 524. The fourth-order valence-electron chi connectivity index (χ4n) is 2.33. The monoisotopic (exact) mass is 292 g/mol. The van der Waals surface area contributed by atoms with Crippen LogP contribution in [0, 0.1) is 0 Å². The van der Waals surface area contributed by atoms with Gasteiger partial charge >= 0.3 is 0 Å². The normalized spacial score (nSPS) is 13.9. The summed E-state index contributed by atoms with van der Waals surface area (Å²) in [5.74, 6) is 0.675. The Balaban J connectivity index is 1.94. The minimum atomic E-state index is -0.320. The Morgan fingerprint density at radius 1 is 1.14 bits per heavy atom. The first-order valence-electron chi connectivity index (χ1n) is 6.93. The van der Waals surface area contributed by atoms with Gasteiger partial charge in [0.05, 0.1) is 14.2 Å². The molecule has 0 radical (unpaired) electrons. The van der Waals surface area contributed by atoms with Crippen molar-refractivity contribution in [3.8, 4) is 11.5 Å². The molecule has 1 aliphatic rings. The van der Waals surface area contributed by atoms with Gasteiger partial charge in [0.25, 0.3) is 0 Å². The topological polar surface area (TPSA) is 67.9 Å². The number of ether oxygens (including phenoxy) is 2. The Labute approximate surface area is 124 Å². The van der Waals surface area contributed by atoms with Gasteiger partial charge in [-0.15, -0.1) is 0 Å². The molecule has 0 spiro atoms. The zero-order valence-electron chi connectivity index (χ0n) is 12.3. The summed E-state index contributed by atoms with van der Waals surface area (Å²) in [5.41, 5.74) is 0.576. The SMILES string of the molecule is COc1ccc(NC(=O)CC(=O)N2CCCC2)cc1OC. The molecule has 6 heteroatoms. The lowest BCUT2D eigenvalue weighted by Crippen LogP contribution is -2.31. The van der Waals surface area contributed by atoms with Gasteiger partial charge in [0.1, 0.15) is 6.42 Å². The van der Waals surface area contributed by atoms with E-state index in [2.05, 4.69) is 5.32 Å². The van der Waals surface area contributed by atoms with Gasteiger partial charge < -0.3 is 19.7 Å². The second kappa shape index (κ2) is 6.97. The molecule has 1 N–H and O–H groups in total. The summed E-state index contributed by atoms with van der Waals surface area (Å²) < 4.78 is 10.3. The molecule has 1 fully saturated rings. The minimum absolute atomic E-state index is 0.120. The summed E-state index contributed by atoms with van der Waals surface area (Å²) in [6.45, 7) is 1.50. The molecule has 2 rings (SSSR count). The van der Waals surface area contributed by atoms with Gasteiger partial charge in [0, 0.05) is 24.8 Å². The van der Waals surface area contributed by atoms with Crippen LogP contribution in [0.5, 0.6) is 11.5 Å². The second-order valence-electron chi connectivity index (χ2n) is 4.88. The van der Waals surface area contributed by atoms with Gasteiger partial charge in [-0.1, -0.05) is 0 Å². The molecule has 6 nitrogen and oxygen atoms in total. The van der Waals surface area contributed by atoms with Crippen LogP contribution in [0.1, 0.15) is 19.3 Å². The van der Waals surface area contributed by atoms with Crippen LogP contribution in [0.15, 0.2) is 18.2 Å². The van der Waals surface area contributed by atoms with Gasteiger partial charge in [-0.2, -0.15) is 0 Å². The summed E-state index contributed by atoms with van der Waals surface area (Å²) in [6.07, 6.45) is 1.90. The summed E-state index contributed by atoms with van der Waals surface area (Å²) in [7, 11) is 3.07. The molecule has 2 amide bonds. The highest BCUT2D eigenvalue weighted by Crippen LogP contribution is 2.29. The highest BCUT2D eigenvalue weighted by molar-refractivity contribution is 6.03. The molecular weight excluding hydrogens is 272 g/mol. The fourth-order valence-corrected chi connectivity index (χ4v) is 2.33. The number of hydrogen-bond donors (Lipinski definition) is 1. The molecule has 0 bridgehead atoms. The second-order valence-corrected chi connectivity index (χ2v) is 4.88. The van der Waals surface area contributed by atoms with E-state index in [1.165, 1.54) is 7.11 Å². The zero-order valence-corrected chi connectivity index (χ0v) is 12.3. The number of hydrogen-bond acceptors (Lipinski definition) is 4. The summed E-state index contributed by atoms with van der Waals surface area (Å²) in [6, 6.07) is 5.08. The van der Waals surface area contributed by atoms with Gasteiger partial charge in [-0.05, 0) is 25.0 Å². The third-order valence-electron chi connectivity index (χ3n) is 3.44. The molecule has 0 aliphatic carbocycles. The van der Waals surface area contributed by atoms with Crippen molar-refractivity contribution in [2.24, 2.45) is 0 Å². The molecule has 0 saturated carbocycles. The zero-order chi connectivity index (χ0) is 15.2. The van der Waals surface area contributed by atoms with E-state index in [0.717, 1.165) is 25.9 Å². The van der Waals surface area contributed by atoms with Crippen LogP contribution >= 0.6 is 0 Å². The lowest BCUT2D eigenvalue weighted by molar-refractivity contribution is -0.133. The maximum absolute atomic E-state index is 11.9. The number of likely N-dealkylation sites (tertiary alicyclic amines) is 1. The van der Waals surface area contributed by atoms with Crippen molar-refractivity contribution in [3.63, 3.8) is 0 Å².